The molecule has 2 N–H and O–H groups in total. The molecule has 2 aromatic rings. The van der Waals surface area contributed by atoms with Crippen LogP contribution < -0.4 is 5.32 Å². The minimum atomic E-state index is 0.170. The Morgan fingerprint density at radius 1 is 1.25 bits per heavy atom. The quantitative estimate of drug-likeness (QED) is 0.768. The summed E-state index contributed by atoms with van der Waals surface area (Å²) in [6.07, 6.45) is 3.48. The lowest BCUT2D eigenvalue weighted by atomic mass is 10.2. The molecule has 5 heteroatoms. The van der Waals surface area contributed by atoms with E-state index in [1.165, 1.54) is 5.56 Å². The van der Waals surface area contributed by atoms with Gasteiger partial charge in [-0.25, -0.2) is 4.98 Å². The molecule has 0 saturated carbocycles. The Morgan fingerprint density at radius 2 is 2.05 bits per heavy atom. The third kappa shape index (κ3) is 4.83. The van der Waals surface area contributed by atoms with Crippen molar-refractivity contribution in [2.75, 3.05) is 18.5 Å². The van der Waals surface area contributed by atoms with Crippen LogP contribution in [0.2, 0.25) is 0 Å². The first-order valence-corrected chi connectivity index (χ1v) is 7.60. The fourth-order valence-corrected chi connectivity index (χ4v) is 2.38. The fourth-order valence-electron chi connectivity index (χ4n) is 1.58. The van der Waals surface area contributed by atoms with Gasteiger partial charge in [-0.1, -0.05) is 37.3 Å². The second-order valence-electron chi connectivity index (χ2n) is 4.69. The molecule has 0 radical (unpaired) electrons. The van der Waals surface area contributed by atoms with Gasteiger partial charge in [-0.05, 0) is 11.5 Å². The Labute approximate surface area is 123 Å². The average Bonchev–Trinajstić information content (AvgIpc) is 2.52. The summed E-state index contributed by atoms with van der Waals surface area (Å²) >= 11 is 1.66. The van der Waals surface area contributed by atoms with Crippen molar-refractivity contribution in [3.63, 3.8) is 0 Å². The minimum absolute atomic E-state index is 0.170. The molecule has 106 valence electrons. The number of benzene rings is 1. The van der Waals surface area contributed by atoms with Crippen LogP contribution in [0.4, 0.5) is 5.82 Å². The third-order valence-electron chi connectivity index (χ3n) is 2.79. The van der Waals surface area contributed by atoms with Gasteiger partial charge in [0.05, 0.1) is 12.4 Å². The molecule has 1 aromatic carbocycles. The van der Waals surface area contributed by atoms with Gasteiger partial charge in [-0.3, -0.25) is 4.98 Å². The number of rotatable bonds is 7. The van der Waals surface area contributed by atoms with Gasteiger partial charge in [0.2, 0.25) is 0 Å². The Balaban J connectivity index is 1.89. The number of aliphatic hydroxyl groups is 1. The first-order chi connectivity index (χ1) is 9.78. The average molecular weight is 289 g/mol. The lowest BCUT2D eigenvalue weighted by Gasteiger charge is -2.10. The van der Waals surface area contributed by atoms with Crippen molar-refractivity contribution >= 4 is 17.6 Å². The minimum Gasteiger partial charge on any atom is -0.396 e. The van der Waals surface area contributed by atoms with Crippen LogP contribution in [0, 0.1) is 5.92 Å². The molecule has 0 spiro atoms. The van der Waals surface area contributed by atoms with Crippen molar-refractivity contribution in [1.82, 2.24) is 9.97 Å². The van der Waals surface area contributed by atoms with Crippen LogP contribution in [-0.4, -0.2) is 28.2 Å². The summed E-state index contributed by atoms with van der Waals surface area (Å²) in [5.41, 5.74) is 1.27. The van der Waals surface area contributed by atoms with Gasteiger partial charge in [0.1, 0.15) is 10.8 Å². The van der Waals surface area contributed by atoms with Crippen LogP contribution >= 0.6 is 11.8 Å². The van der Waals surface area contributed by atoms with Gasteiger partial charge < -0.3 is 10.4 Å². The normalized spacial score (nSPS) is 12.1. The predicted molar refractivity (Wildman–Crippen MR) is 82.8 cm³/mol. The molecule has 2 rings (SSSR count). The van der Waals surface area contributed by atoms with Gasteiger partial charge in [0, 0.05) is 18.9 Å². The number of aromatic nitrogens is 2. The van der Waals surface area contributed by atoms with Crippen LogP contribution in [0.3, 0.4) is 0 Å². The predicted octanol–water partition coefficient (Wildman–Crippen LogP) is 2.81. The van der Waals surface area contributed by atoms with Crippen molar-refractivity contribution in [2.24, 2.45) is 5.92 Å². The molecule has 0 aliphatic carbocycles. The van der Waals surface area contributed by atoms with Gasteiger partial charge in [-0.2, -0.15) is 0 Å². The summed E-state index contributed by atoms with van der Waals surface area (Å²) in [5, 5.41) is 13.1. The highest BCUT2D eigenvalue weighted by atomic mass is 32.2. The largest absolute Gasteiger partial charge is 0.396 e. The van der Waals surface area contributed by atoms with E-state index >= 15 is 0 Å². The van der Waals surface area contributed by atoms with Crippen molar-refractivity contribution in [1.29, 1.82) is 0 Å². The van der Waals surface area contributed by atoms with E-state index in [-0.39, 0.29) is 12.5 Å². The smallest absolute Gasteiger partial charge is 0.145 e. The van der Waals surface area contributed by atoms with E-state index in [2.05, 4.69) is 27.4 Å². The molecule has 1 unspecified atom stereocenters. The zero-order valence-corrected chi connectivity index (χ0v) is 12.3. The summed E-state index contributed by atoms with van der Waals surface area (Å²) in [7, 11) is 0. The molecule has 0 aliphatic heterocycles. The molecular formula is C15H19N3OS. The SMILES string of the molecule is CC(CO)CNc1cncc(SCc2ccccc2)n1. The summed E-state index contributed by atoms with van der Waals surface area (Å²) in [6.45, 7) is 2.84. The highest BCUT2D eigenvalue weighted by molar-refractivity contribution is 7.98. The maximum atomic E-state index is 9.00. The Hall–Kier alpha value is -1.59. The third-order valence-corrected chi connectivity index (χ3v) is 3.76. The van der Waals surface area contributed by atoms with Crippen molar-refractivity contribution in [2.45, 2.75) is 17.7 Å². The monoisotopic (exact) mass is 289 g/mol. The van der Waals surface area contributed by atoms with E-state index in [0.29, 0.717) is 6.54 Å². The van der Waals surface area contributed by atoms with Crippen molar-refractivity contribution in [3.8, 4) is 0 Å². The lowest BCUT2D eigenvalue weighted by molar-refractivity contribution is 0.244. The van der Waals surface area contributed by atoms with E-state index in [9.17, 15) is 0 Å². The molecule has 20 heavy (non-hydrogen) atoms. The van der Waals surface area contributed by atoms with Crippen LogP contribution in [-0.2, 0) is 5.75 Å². The summed E-state index contributed by atoms with van der Waals surface area (Å²) in [4.78, 5) is 8.69. The second-order valence-corrected chi connectivity index (χ2v) is 5.68. The van der Waals surface area contributed by atoms with E-state index in [4.69, 9.17) is 5.11 Å². The molecule has 1 atom stereocenters. The summed E-state index contributed by atoms with van der Waals surface area (Å²) < 4.78 is 0. The Bertz CT molecular complexity index is 522. The Morgan fingerprint density at radius 3 is 2.80 bits per heavy atom. The molecule has 1 aromatic heterocycles. The van der Waals surface area contributed by atoms with Gasteiger partial charge in [0.15, 0.2) is 0 Å². The van der Waals surface area contributed by atoms with Gasteiger partial charge in [-0.15, -0.1) is 11.8 Å². The number of hydrogen-bond acceptors (Lipinski definition) is 5. The van der Waals surface area contributed by atoms with Gasteiger partial charge >= 0.3 is 0 Å². The maximum Gasteiger partial charge on any atom is 0.145 e. The number of aliphatic hydroxyl groups excluding tert-OH is 1. The van der Waals surface area contributed by atoms with Crippen molar-refractivity contribution < 1.29 is 5.11 Å². The molecular weight excluding hydrogens is 270 g/mol. The van der Waals surface area contributed by atoms with E-state index in [1.54, 1.807) is 24.2 Å². The van der Waals surface area contributed by atoms with Crippen LogP contribution in [0.5, 0.6) is 0 Å². The zero-order chi connectivity index (χ0) is 14.2. The standard InChI is InChI=1S/C15H19N3OS/c1-12(10-19)7-17-14-8-16-9-15(18-14)20-11-13-5-3-2-4-6-13/h2-6,8-9,12,19H,7,10-11H2,1H3,(H,17,18). The number of anilines is 1. The van der Waals surface area contributed by atoms with Crippen molar-refractivity contribution in [3.05, 3.63) is 48.3 Å². The molecule has 0 saturated heterocycles. The fraction of sp³-hybridized carbons (Fsp3) is 0.333. The van der Waals surface area contributed by atoms with Crippen LogP contribution in [0.1, 0.15) is 12.5 Å². The Kier molecular flexibility index (Phi) is 5.83. The van der Waals surface area contributed by atoms with E-state index in [0.717, 1.165) is 16.6 Å². The number of nitrogens with one attached hydrogen (secondary N) is 1. The highest BCUT2D eigenvalue weighted by Crippen LogP contribution is 2.21. The van der Waals surface area contributed by atoms with Crippen LogP contribution in [0.15, 0.2) is 47.8 Å². The number of nitrogens with zero attached hydrogens (tertiary/aromatic N) is 2. The zero-order valence-electron chi connectivity index (χ0n) is 11.5. The molecule has 0 fully saturated rings. The molecule has 1 heterocycles. The molecule has 0 aliphatic rings. The maximum absolute atomic E-state index is 9.00. The summed E-state index contributed by atoms with van der Waals surface area (Å²) in [5.74, 6) is 1.84. The molecule has 0 amide bonds. The topological polar surface area (TPSA) is 58.0 Å². The number of hydrogen-bond donors (Lipinski definition) is 2. The highest BCUT2D eigenvalue weighted by Gasteiger charge is 2.03. The first-order valence-electron chi connectivity index (χ1n) is 6.61. The second kappa shape index (κ2) is 7.87. The lowest BCUT2D eigenvalue weighted by Crippen LogP contribution is -2.15. The van der Waals surface area contributed by atoms with Crippen LogP contribution in [0.25, 0.3) is 0 Å². The van der Waals surface area contributed by atoms with E-state index < -0.39 is 0 Å². The first kappa shape index (κ1) is 14.8. The molecule has 4 nitrogen and oxygen atoms in total. The van der Waals surface area contributed by atoms with E-state index in [1.807, 2.05) is 25.1 Å². The van der Waals surface area contributed by atoms with Gasteiger partial charge in [0.25, 0.3) is 0 Å². The molecule has 0 bridgehead atoms. The summed E-state index contributed by atoms with van der Waals surface area (Å²) in [6, 6.07) is 10.3. The number of thioether (sulfide) groups is 1.